The van der Waals surface area contributed by atoms with Gasteiger partial charge in [0.15, 0.2) is 5.82 Å². The highest BCUT2D eigenvalue weighted by Crippen LogP contribution is 2.29. The highest BCUT2D eigenvalue weighted by atomic mass is 15.2. The molecule has 0 spiro atoms. The van der Waals surface area contributed by atoms with Crippen molar-refractivity contribution in [3.63, 3.8) is 0 Å². The van der Waals surface area contributed by atoms with Gasteiger partial charge in [-0.2, -0.15) is 0 Å². The van der Waals surface area contributed by atoms with Crippen molar-refractivity contribution in [3.8, 4) is 11.4 Å². The maximum atomic E-state index is 4.77. The van der Waals surface area contributed by atoms with Crippen molar-refractivity contribution >= 4 is 5.82 Å². The lowest BCUT2D eigenvalue weighted by Gasteiger charge is -2.28. The lowest BCUT2D eigenvalue weighted by atomic mass is 10.0. The maximum Gasteiger partial charge on any atom is 0.161 e. The fourth-order valence-electron chi connectivity index (χ4n) is 3.01. The number of rotatable bonds is 3. The fraction of sp³-hybridized carbons (Fsp3) is 0.412. The average Bonchev–Trinajstić information content (AvgIpc) is 2.98. The number of hydrogen-bond donors (Lipinski definition) is 0. The Morgan fingerprint density at radius 1 is 1.15 bits per heavy atom. The van der Waals surface area contributed by atoms with E-state index in [1.165, 1.54) is 12.8 Å². The van der Waals surface area contributed by atoms with E-state index in [2.05, 4.69) is 35.9 Å². The third-order valence-electron chi connectivity index (χ3n) is 4.04. The van der Waals surface area contributed by atoms with E-state index >= 15 is 0 Å². The lowest BCUT2D eigenvalue weighted by molar-refractivity contribution is 0.489. The van der Waals surface area contributed by atoms with Gasteiger partial charge in [0.2, 0.25) is 0 Å². The van der Waals surface area contributed by atoms with E-state index in [0.717, 1.165) is 23.8 Å². The number of nitrogens with zero attached hydrogens (tertiary/aromatic N) is 3. The first-order chi connectivity index (χ1) is 9.75. The molecule has 1 saturated heterocycles. The number of aromatic nitrogens is 2. The van der Waals surface area contributed by atoms with E-state index in [1.54, 1.807) is 0 Å². The monoisotopic (exact) mass is 267 g/mol. The van der Waals surface area contributed by atoms with Gasteiger partial charge in [0.1, 0.15) is 5.82 Å². The summed E-state index contributed by atoms with van der Waals surface area (Å²) in [7, 11) is 0. The van der Waals surface area contributed by atoms with Gasteiger partial charge < -0.3 is 4.90 Å². The van der Waals surface area contributed by atoms with Gasteiger partial charge in [0, 0.05) is 24.3 Å². The highest BCUT2D eigenvalue weighted by molar-refractivity contribution is 5.57. The van der Waals surface area contributed by atoms with Crippen molar-refractivity contribution in [1.82, 2.24) is 9.97 Å². The Morgan fingerprint density at radius 3 is 2.70 bits per heavy atom. The first kappa shape index (κ1) is 13.1. The average molecular weight is 267 g/mol. The van der Waals surface area contributed by atoms with Crippen molar-refractivity contribution in [2.24, 2.45) is 5.92 Å². The molecule has 20 heavy (non-hydrogen) atoms. The Labute approximate surface area is 120 Å². The normalized spacial score (nSPS) is 18.8. The molecule has 3 heteroatoms. The molecular weight excluding hydrogens is 246 g/mol. The van der Waals surface area contributed by atoms with Crippen molar-refractivity contribution in [2.75, 3.05) is 11.4 Å². The van der Waals surface area contributed by atoms with Crippen LogP contribution in [0, 0.1) is 5.92 Å². The second-order valence-corrected chi connectivity index (χ2v) is 5.75. The molecule has 1 aromatic heterocycles. The van der Waals surface area contributed by atoms with Crippen LogP contribution in [0.25, 0.3) is 11.4 Å². The van der Waals surface area contributed by atoms with Crippen LogP contribution in [0.2, 0.25) is 0 Å². The molecule has 0 saturated carbocycles. The van der Waals surface area contributed by atoms with E-state index < -0.39 is 0 Å². The summed E-state index contributed by atoms with van der Waals surface area (Å²) in [6, 6.07) is 12.8. The molecule has 0 amide bonds. The van der Waals surface area contributed by atoms with E-state index in [9.17, 15) is 0 Å². The van der Waals surface area contributed by atoms with Crippen LogP contribution in [0.15, 0.2) is 42.6 Å². The molecule has 3 rings (SSSR count). The van der Waals surface area contributed by atoms with Crippen LogP contribution in [-0.2, 0) is 0 Å². The van der Waals surface area contributed by atoms with Crippen molar-refractivity contribution in [1.29, 1.82) is 0 Å². The standard InChI is InChI=1S/C17H21N3/c1-13(2)15-9-6-12-20(15)16-10-11-18-17(19-16)14-7-4-3-5-8-14/h3-5,7-8,10-11,13,15H,6,9,12H2,1-2H3/t15-/m1/s1. The molecule has 0 aliphatic carbocycles. The summed E-state index contributed by atoms with van der Waals surface area (Å²) in [5.41, 5.74) is 1.08. The Hall–Kier alpha value is -1.90. The molecule has 1 fully saturated rings. The number of benzene rings is 1. The highest BCUT2D eigenvalue weighted by Gasteiger charge is 2.28. The molecular formula is C17H21N3. The van der Waals surface area contributed by atoms with E-state index in [-0.39, 0.29) is 0 Å². The van der Waals surface area contributed by atoms with Gasteiger partial charge in [-0.1, -0.05) is 44.2 Å². The minimum Gasteiger partial charge on any atom is -0.353 e. The van der Waals surface area contributed by atoms with Crippen LogP contribution in [0.4, 0.5) is 5.82 Å². The van der Waals surface area contributed by atoms with Crippen molar-refractivity contribution in [3.05, 3.63) is 42.6 Å². The summed E-state index contributed by atoms with van der Waals surface area (Å²) < 4.78 is 0. The summed E-state index contributed by atoms with van der Waals surface area (Å²) >= 11 is 0. The van der Waals surface area contributed by atoms with Crippen LogP contribution in [0.3, 0.4) is 0 Å². The molecule has 0 radical (unpaired) electrons. The number of hydrogen-bond acceptors (Lipinski definition) is 3. The van der Waals surface area contributed by atoms with Crippen LogP contribution < -0.4 is 4.90 Å². The molecule has 3 nitrogen and oxygen atoms in total. The zero-order valence-corrected chi connectivity index (χ0v) is 12.2. The molecule has 1 aromatic carbocycles. The van der Waals surface area contributed by atoms with Crippen molar-refractivity contribution < 1.29 is 0 Å². The van der Waals surface area contributed by atoms with Gasteiger partial charge in [0.05, 0.1) is 0 Å². The molecule has 0 bridgehead atoms. The van der Waals surface area contributed by atoms with Crippen LogP contribution in [-0.4, -0.2) is 22.6 Å². The van der Waals surface area contributed by atoms with Crippen LogP contribution in [0.5, 0.6) is 0 Å². The Balaban J connectivity index is 1.92. The largest absolute Gasteiger partial charge is 0.353 e. The summed E-state index contributed by atoms with van der Waals surface area (Å²) in [5.74, 6) is 2.54. The topological polar surface area (TPSA) is 29.0 Å². The van der Waals surface area contributed by atoms with Gasteiger partial charge in [-0.25, -0.2) is 9.97 Å². The molecule has 0 unspecified atom stereocenters. The molecule has 1 aliphatic rings. The molecule has 104 valence electrons. The summed E-state index contributed by atoms with van der Waals surface area (Å²) in [4.78, 5) is 11.6. The van der Waals surface area contributed by atoms with Gasteiger partial charge in [0.25, 0.3) is 0 Å². The predicted molar refractivity (Wildman–Crippen MR) is 82.7 cm³/mol. The van der Waals surface area contributed by atoms with Crippen LogP contribution >= 0.6 is 0 Å². The lowest BCUT2D eigenvalue weighted by Crippen LogP contribution is -2.34. The van der Waals surface area contributed by atoms with Gasteiger partial charge in [-0.15, -0.1) is 0 Å². The van der Waals surface area contributed by atoms with Gasteiger partial charge >= 0.3 is 0 Å². The summed E-state index contributed by atoms with van der Waals surface area (Å²) in [5, 5.41) is 0. The minimum atomic E-state index is 0.605. The fourth-order valence-corrected chi connectivity index (χ4v) is 3.01. The van der Waals surface area contributed by atoms with Crippen LogP contribution in [0.1, 0.15) is 26.7 Å². The van der Waals surface area contributed by atoms with Gasteiger partial charge in [-0.3, -0.25) is 0 Å². The molecule has 0 N–H and O–H groups in total. The third kappa shape index (κ3) is 2.53. The second-order valence-electron chi connectivity index (χ2n) is 5.75. The Kier molecular flexibility index (Phi) is 3.68. The zero-order valence-electron chi connectivity index (χ0n) is 12.2. The van der Waals surface area contributed by atoms with E-state index in [0.29, 0.717) is 12.0 Å². The third-order valence-corrected chi connectivity index (χ3v) is 4.04. The first-order valence-corrected chi connectivity index (χ1v) is 7.41. The first-order valence-electron chi connectivity index (χ1n) is 7.41. The van der Waals surface area contributed by atoms with E-state index in [1.807, 2.05) is 30.5 Å². The SMILES string of the molecule is CC(C)[C@H]1CCCN1c1ccnc(-c2ccccc2)n1. The quantitative estimate of drug-likeness (QED) is 0.847. The smallest absolute Gasteiger partial charge is 0.161 e. The molecule has 1 aliphatic heterocycles. The number of anilines is 1. The summed E-state index contributed by atoms with van der Waals surface area (Å²) in [6.45, 7) is 5.69. The maximum absolute atomic E-state index is 4.77. The molecule has 2 aromatic rings. The van der Waals surface area contributed by atoms with Crippen molar-refractivity contribution in [2.45, 2.75) is 32.7 Å². The Bertz CT molecular complexity index is 565. The second kappa shape index (κ2) is 5.61. The molecule has 1 atom stereocenters. The van der Waals surface area contributed by atoms with E-state index in [4.69, 9.17) is 4.98 Å². The minimum absolute atomic E-state index is 0.605. The zero-order chi connectivity index (χ0) is 13.9. The summed E-state index contributed by atoms with van der Waals surface area (Å²) in [6.07, 6.45) is 4.40. The molecule has 2 heterocycles. The van der Waals surface area contributed by atoms with Gasteiger partial charge in [-0.05, 0) is 24.8 Å². The Morgan fingerprint density at radius 2 is 1.95 bits per heavy atom. The predicted octanol–water partition coefficient (Wildman–Crippen LogP) is 3.77.